The molecule has 4 nitrogen and oxygen atoms in total. The van der Waals surface area contributed by atoms with Crippen molar-refractivity contribution in [1.82, 2.24) is 4.90 Å². The standard InChI is InChI=1S/C15H19NO3S/c1-15(2,3)19-14(18)16-9-12(10-16)20-13(17)11-7-5-4-6-8-11/h4-8,12H,9-10H2,1-3H3. The summed E-state index contributed by atoms with van der Waals surface area (Å²) in [5.41, 5.74) is 0.225. The van der Waals surface area contributed by atoms with Gasteiger partial charge < -0.3 is 9.64 Å². The molecule has 0 saturated carbocycles. The van der Waals surface area contributed by atoms with Gasteiger partial charge in [-0.25, -0.2) is 4.79 Å². The molecule has 1 fully saturated rings. The number of likely N-dealkylation sites (tertiary alicyclic amines) is 1. The fourth-order valence-electron chi connectivity index (χ4n) is 1.78. The summed E-state index contributed by atoms with van der Waals surface area (Å²) in [5.74, 6) is 0. The lowest BCUT2D eigenvalue weighted by Gasteiger charge is -2.38. The Morgan fingerprint density at radius 2 is 1.80 bits per heavy atom. The van der Waals surface area contributed by atoms with Crippen LogP contribution in [0.3, 0.4) is 0 Å². The molecule has 1 saturated heterocycles. The van der Waals surface area contributed by atoms with E-state index in [9.17, 15) is 9.59 Å². The van der Waals surface area contributed by atoms with E-state index in [2.05, 4.69) is 0 Å². The molecular formula is C15H19NO3S. The first-order valence-electron chi connectivity index (χ1n) is 6.59. The molecule has 0 bridgehead atoms. The van der Waals surface area contributed by atoms with E-state index in [4.69, 9.17) is 4.74 Å². The molecule has 0 atom stereocenters. The number of carbonyl (C=O) groups excluding carboxylic acids is 2. The van der Waals surface area contributed by atoms with Crippen molar-refractivity contribution in [3.63, 3.8) is 0 Å². The van der Waals surface area contributed by atoms with E-state index in [-0.39, 0.29) is 16.5 Å². The van der Waals surface area contributed by atoms with Gasteiger partial charge in [-0.05, 0) is 20.8 Å². The molecule has 108 valence electrons. The minimum Gasteiger partial charge on any atom is -0.444 e. The van der Waals surface area contributed by atoms with Crippen LogP contribution >= 0.6 is 11.8 Å². The second-order valence-electron chi connectivity index (χ2n) is 5.78. The van der Waals surface area contributed by atoms with Gasteiger partial charge in [0.1, 0.15) is 5.60 Å². The molecule has 0 radical (unpaired) electrons. The highest BCUT2D eigenvalue weighted by molar-refractivity contribution is 8.14. The fourth-order valence-corrected chi connectivity index (χ4v) is 2.87. The van der Waals surface area contributed by atoms with Crippen LogP contribution in [0.2, 0.25) is 0 Å². The zero-order valence-electron chi connectivity index (χ0n) is 12.0. The highest BCUT2D eigenvalue weighted by atomic mass is 32.2. The van der Waals surface area contributed by atoms with Gasteiger partial charge >= 0.3 is 6.09 Å². The summed E-state index contributed by atoms with van der Waals surface area (Å²) in [7, 11) is 0. The van der Waals surface area contributed by atoms with Gasteiger partial charge in [0.25, 0.3) is 0 Å². The van der Waals surface area contributed by atoms with E-state index in [0.29, 0.717) is 18.7 Å². The average molecular weight is 293 g/mol. The number of benzene rings is 1. The van der Waals surface area contributed by atoms with Crippen LogP contribution < -0.4 is 0 Å². The van der Waals surface area contributed by atoms with Crippen LogP contribution in [0.5, 0.6) is 0 Å². The number of hydrogen-bond acceptors (Lipinski definition) is 4. The minimum atomic E-state index is -0.477. The van der Waals surface area contributed by atoms with E-state index in [1.807, 2.05) is 39.0 Å². The average Bonchev–Trinajstić information content (AvgIpc) is 2.31. The zero-order chi connectivity index (χ0) is 14.8. The van der Waals surface area contributed by atoms with Gasteiger partial charge in [-0.3, -0.25) is 4.79 Å². The van der Waals surface area contributed by atoms with Crippen molar-refractivity contribution in [3.8, 4) is 0 Å². The Balaban J connectivity index is 1.77. The SMILES string of the molecule is CC(C)(C)OC(=O)N1CC(SC(=O)c2ccccc2)C1. The van der Waals surface area contributed by atoms with Crippen LogP contribution in [-0.2, 0) is 4.74 Å². The van der Waals surface area contributed by atoms with Gasteiger partial charge in [0.15, 0.2) is 0 Å². The summed E-state index contributed by atoms with van der Waals surface area (Å²) in [6.45, 7) is 6.66. The van der Waals surface area contributed by atoms with Crippen LogP contribution in [0.15, 0.2) is 30.3 Å². The molecular weight excluding hydrogens is 274 g/mol. The Bertz CT molecular complexity index is 490. The van der Waals surface area contributed by atoms with Crippen molar-refractivity contribution in [2.24, 2.45) is 0 Å². The van der Waals surface area contributed by atoms with Crippen molar-refractivity contribution in [2.45, 2.75) is 31.6 Å². The monoisotopic (exact) mass is 293 g/mol. The Morgan fingerprint density at radius 1 is 1.20 bits per heavy atom. The predicted octanol–water partition coefficient (Wildman–Crippen LogP) is 3.18. The molecule has 0 unspecified atom stereocenters. The molecule has 0 spiro atoms. The number of rotatable bonds is 2. The molecule has 5 heteroatoms. The van der Waals surface area contributed by atoms with Crippen molar-refractivity contribution >= 4 is 23.0 Å². The Hall–Kier alpha value is -1.49. The van der Waals surface area contributed by atoms with E-state index < -0.39 is 5.60 Å². The highest BCUT2D eigenvalue weighted by Crippen LogP contribution is 2.27. The molecule has 1 aromatic carbocycles. The molecule has 2 rings (SSSR count). The molecule has 1 aliphatic heterocycles. The maximum atomic E-state index is 12.0. The summed E-state index contributed by atoms with van der Waals surface area (Å²) in [6.07, 6.45) is -0.304. The van der Waals surface area contributed by atoms with Gasteiger partial charge in [-0.1, -0.05) is 42.1 Å². The van der Waals surface area contributed by atoms with Gasteiger partial charge in [0.05, 0.1) is 0 Å². The fraction of sp³-hybridized carbons (Fsp3) is 0.467. The molecule has 1 amide bonds. The van der Waals surface area contributed by atoms with Crippen molar-refractivity contribution in [1.29, 1.82) is 0 Å². The normalized spacial score (nSPS) is 15.7. The number of ether oxygens (including phenoxy) is 1. The lowest BCUT2D eigenvalue weighted by Crippen LogP contribution is -2.53. The molecule has 1 heterocycles. The summed E-state index contributed by atoms with van der Waals surface area (Å²) < 4.78 is 5.27. The topological polar surface area (TPSA) is 46.6 Å². The van der Waals surface area contributed by atoms with E-state index in [1.54, 1.807) is 17.0 Å². The van der Waals surface area contributed by atoms with Gasteiger partial charge in [0, 0.05) is 23.9 Å². The highest BCUT2D eigenvalue weighted by Gasteiger charge is 2.35. The molecule has 0 aliphatic carbocycles. The van der Waals surface area contributed by atoms with Gasteiger partial charge in [0.2, 0.25) is 5.12 Å². The molecule has 20 heavy (non-hydrogen) atoms. The maximum absolute atomic E-state index is 12.0. The number of thioether (sulfide) groups is 1. The van der Waals surface area contributed by atoms with Crippen molar-refractivity contribution in [2.75, 3.05) is 13.1 Å². The number of hydrogen-bond donors (Lipinski definition) is 0. The van der Waals surface area contributed by atoms with Crippen molar-refractivity contribution in [3.05, 3.63) is 35.9 Å². The van der Waals surface area contributed by atoms with Crippen LogP contribution in [0.25, 0.3) is 0 Å². The molecule has 0 aromatic heterocycles. The lowest BCUT2D eigenvalue weighted by atomic mass is 10.2. The van der Waals surface area contributed by atoms with Crippen LogP contribution in [-0.4, -0.2) is 40.0 Å². The predicted molar refractivity (Wildman–Crippen MR) is 80.0 cm³/mol. The number of amides is 1. The summed E-state index contributed by atoms with van der Waals surface area (Å²) in [5, 5.41) is 0.217. The van der Waals surface area contributed by atoms with Crippen LogP contribution in [0, 0.1) is 0 Å². The summed E-state index contributed by atoms with van der Waals surface area (Å²) >= 11 is 1.29. The second-order valence-corrected chi connectivity index (χ2v) is 7.05. The molecule has 0 N–H and O–H groups in total. The first kappa shape index (κ1) is 14.9. The quantitative estimate of drug-likeness (QED) is 0.840. The maximum Gasteiger partial charge on any atom is 0.410 e. The third kappa shape index (κ3) is 4.00. The third-order valence-electron chi connectivity index (χ3n) is 2.78. The van der Waals surface area contributed by atoms with Crippen LogP contribution in [0.4, 0.5) is 4.79 Å². The van der Waals surface area contributed by atoms with E-state index in [1.165, 1.54) is 11.8 Å². The van der Waals surface area contributed by atoms with Gasteiger partial charge in [-0.15, -0.1) is 0 Å². The smallest absolute Gasteiger partial charge is 0.410 e. The first-order chi connectivity index (χ1) is 9.35. The van der Waals surface area contributed by atoms with Crippen LogP contribution in [0.1, 0.15) is 31.1 Å². The first-order valence-corrected chi connectivity index (χ1v) is 7.47. The number of nitrogens with zero attached hydrogens (tertiary/aromatic N) is 1. The second kappa shape index (κ2) is 5.87. The summed E-state index contributed by atoms with van der Waals surface area (Å²) in [6, 6.07) is 9.19. The lowest BCUT2D eigenvalue weighted by molar-refractivity contribution is 0.0143. The Kier molecular flexibility index (Phi) is 4.38. The minimum absolute atomic E-state index is 0.0550. The van der Waals surface area contributed by atoms with E-state index in [0.717, 1.165) is 0 Å². The zero-order valence-corrected chi connectivity index (χ0v) is 12.8. The third-order valence-corrected chi connectivity index (χ3v) is 3.86. The molecule has 1 aromatic rings. The Morgan fingerprint density at radius 3 is 2.35 bits per heavy atom. The number of carbonyl (C=O) groups is 2. The van der Waals surface area contributed by atoms with E-state index >= 15 is 0 Å². The molecule has 1 aliphatic rings. The Labute approximate surface area is 123 Å². The van der Waals surface area contributed by atoms with Crippen molar-refractivity contribution < 1.29 is 14.3 Å². The van der Waals surface area contributed by atoms with Gasteiger partial charge in [-0.2, -0.15) is 0 Å². The largest absolute Gasteiger partial charge is 0.444 e. The summed E-state index contributed by atoms with van der Waals surface area (Å²) in [4.78, 5) is 25.4.